The van der Waals surface area contributed by atoms with E-state index < -0.39 is 4.92 Å². The first kappa shape index (κ1) is 13.9. The molecule has 0 atom stereocenters. The number of benzene rings is 1. The van der Waals surface area contributed by atoms with Crippen molar-refractivity contribution in [2.45, 2.75) is 26.8 Å². The standard InChI is InChI=1S/C13H15N3O4/c1-3-7-15-13(12(16(18)19)9(2)14-15)20-11-6-4-5-10(17)8-11/h4-6,8,17H,3,7H2,1-2H3. The first-order valence-electron chi connectivity index (χ1n) is 6.21. The second-order valence-electron chi connectivity index (χ2n) is 4.32. The topological polar surface area (TPSA) is 90.4 Å². The monoisotopic (exact) mass is 277 g/mol. The number of phenols is 1. The Labute approximate surface area is 115 Å². The maximum atomic E-state index is 11.1. The number of aryl methyl sites for hydroxylation is 2. The van der Waals surface area contributed by atoms with E-state index in [1.807, 2.05) is 6.92 Å². The number of ether oxygens (including phenoxy) is 1. The highest BCUT2D eigenvalue weighted by Crippen LogP contribution is 2.35. The smallest absolute Gasteiger partial charge is 0.353 e. The predicted molar refractivity (Wildman–Crippen MR) is 72.1 cm³/mol. The summed E-state index contributed by atoms with van der Waals surface area (Å²) in [5, 5.41) is 24.7. The highest BCUT2D eigenvalue weighted by atomic mass is 16.6. The molecule has 0 bridgehead atoms. The average molecular weight is 277 g/mol. The summed E-state index contributed by atoms with van der Waals surface area (Å²) < 4.78 is 7.02. The third-order valence-electron chi connectivity index (χ3n) is 2.70. The molecule has 106 valence electrons. The van der Waals surface area contributed by atoms with Crippen LogP contribution >= 0.6 is 0 Å². The zero-order chi connectivity index (χ0) is 14.7. The van der Waals surface area contributed by atoms with E-state index in [9.17, 15) is 15.2 Å². The van der Waals surface area contributed by atoms with Gasteiger partial charge in [-0.3, -0.25) is 10.1 Å². The lowest BCUT2D eigenvalue weighted by molar-refractivity contribution is -0.386. The van der Waals surface area contributed by atoms with Crippen LogP contribution in [0.1, 0.15) is 19.0 Å². The molecular formula is C13H15N3O4. The summed E-state index contributed by atoms with van der Waals surface area (Å²) in [6.07, 6.45) is 0.772. The normalized spacial score (nSPS) is 10.5. The molecule has 0 aliphatic rings. The Kier molecular flexibility index (Phi) is 3.88. The predicted octanol–water partition coefficient (Wildman–Crippen LogP) is 3.01. The Balaban J connectivity index is 2.45. The van der Waals surface area contributed by atoms with E-state index in [1.165, 1.54) is 16.8 Å². The minimum absolute atomic E-state index is 0.0310. The molecule has 0 unspecified atom stereocenters. The molecule has 7 heteroatoms. The quantitative estimate of drug-likeness (QED) is 0.670. The Morgan fingerprint density at radius 3 is 2.85 bits per heavy atom. The van der Waals surface area contributed by atoms with E-state index >= 15 is 0 Å². The van der Waals surface area contributed by atoms with E-state index in [-0.39, 0.29) is 17.3 Å². The fraction of sp³-hybridized carbons (Fsp3) is 0.308. The molecule has 20 heavy (non-hydrogen) atoms. The number of nitro groups is 1. The van der Waals surface area contributed by atoms with Crippen molar-refractivity contribution >= 4 is 5.69 Å². The van der Waals surface area contributed by atoms with Gasteiger partial charge in [-0.1, -0.05) is 13.0 Å². The van der Waals surface area contributed by atoms with Crippen LogP contribution < -0.4 is 4.74 Å². The first-order chi connectivity index (χ1) is 9.52. The number of aromatic hydroxyl groups is 1. The lowest BCUT2D eigenvalue weighted by atomic mass is 10.3. The molecule has 2 aromatic rings. The summed E-state index contributed by atoms with van der Waals surface area (Å²) in [6, 6.07) is 6.10. The van der Waals surface area contributed by atoms with Crippen molar-refractivity contribution in [2.75, 3.05) is 0 Å². The van der Waals surface area contributed by atoms with Crippen LogP contribution in [0.4, 0.5) is 5.69 Å². The zero-order valence-electron chi connectivity index (χ0n) is 11.2. The molecule has 0 saturated carbocycles. The summed E-state index contributed by atoms with van der Waals surface area (Å²) in [6.45, 7) is 4.03. The maximum absolute atomic E-state index is 11.1. The Bertz CT molecular complexity index is 637. The maximum Gasteiger partial charge on any atom is 0.353 e. The molecule has 2 rings (SSSR count). The lowest BCUT2D eigenvalue weighted by Crippen LogP contribution is -2.02. The van der Waals surface area contributed by atoms with Gasteiger partial charge in [-0.25, -0.2) is 4.68 Å². The van der Waals surface area contributed by atoms with Gasteiger partial charge in [0.2, 0.25) is 0 Å². The molecular weight excluding hydrogens is 262 g/mol. The van der Waals surface area contributed by atoms with Crippen molar-refractivity contribution in [2.24, 2.45) is 0 Å². The number of hydrogen-bond donors (Lipinski definition) is 1. The van der Waals surface area contributed by atoms with E-state index in [0.717, 1.165) is 6.42 Å². The molecule has 0 fully saturated rings. The highest BCUT2D eigenvalue weighted by molar-refractivity contribution is 5.48. The molecule has 0 aliphatic heterocycles. The Morgan fingerprint density at radius 2 is 2.25 bits per heavy atom. The van der Waals surface area contributed by atoms with Crippen molar-refractivity contribution in [3.8, 4) is 17.4 Å². The SMILES string of the molecule is CCCn1nc(C)c([N+](=O)[O-])c1Oc1cccc(O)c1. The Hall–Kier alpha value is -2.57. The van der Waals surface area contributed by atoms with Gasteiger partial charge in [-0.2, -0.15) is 5.10 Å². The summed E-state index contributed by atoms with van der Waals surface area (Å²) in [4.78, 5) is 10.6. The molecule has 1 heterocycles. The number of aromatic nitrogens is 2. The molecule has 1 N–H and O–H groups in total. The molecule has 0 saturated heterocycles. The van der Waals surface area contributed by atoms with Crippen LogP contribution in [0.2, 0.25) is 0 Å². The zero-order valence-corrected chi connectivity index (χ0v) is 11.2. The summed E-state index contributed by atoms with van der Waals surface area (Å²) in [5.74, 6) is 0.439. The molecule has 0 radical (unpaired) electrons. The lowest BCUT2D eigenvalue weighted by Gasteiger charge is -2.07. The third kappa shape index (κ3) is 2.71. The summed E-state index contributed by atoms with van der Waals surface area (Å²) >= 11 is 0. The van der Waals surface area contributed by atoms with E-state index in [4.69, 9.17) is 4.74 Å². The number of phenolic OH excluding ortho intramolecular Hbond substituents is 1. The second kappa shape index (κ2) is 5.60. The van der Waals surface area contributed by atoms with Crippen LogP contribution in [0, 0.1) is 17.0 Å². The second-order valence-corrected chi connectivity index (χ2v) is 4.32. The first-order valence-corrected chi connectivity index (χ1v) is 6.21. The molecule has 1 aromatic heterocycles. The molecule has 7 nitrogen and oxygen atoms in total. The Morgan fingerprint density at radius 1 is 1.50 bits per heavy atom. The van der Waals surface area contributed by atoms with Gasteiger partial charge in [0.05, 0.1) is 4.92 Å². The van der Waals surface area contributed by atoms with Gasteiger partial charge in [-0.15, -0.1) is 0 Å². The number of hydrogen-bond acceptors (Lipinski definition) is 5. The summed E-state index contributed by atoms with van der Waals surface area (Å²) in [7, 11) is 0. The van der Waals surface area contributed by atoms with Crippen LogP contribution in [-0.4, -0.2) is 19.8 Å². The van der Waals surface area contributed by atoms with Crippen LogP contribution in [0.3, 0.4) is 0 Å². The number of rotatable bonds is 5. The van der Waals surface area contributed by atoms with Gasteiger partial charge in [0.25, 0.3) is 5.88 Å². The van der Waals surface area contributed by atoms with E-state index in [2.05, 4.69) is 5.10 Å². The van der Waals surface area contributed by atoms with Gasteiger partial charge >= 0.3 is 5.69 Å². The van der Waals surface area contributed by atoms with Crippen molar-refractivity contribution in [3.63, 3.8) is 0 Å². The van der Waals surface area contributed by atoms with Gasteiger partial charge in [-0.05, 0) is 25.5 Å². The van der Waals surface area contributed by atoms with Gasteiger partial charge in [0.15, 0.2) is 0 Å². The average Bonchev–Trinajstić information content (AvgIpc) is 2.66. The largest absolute Gasteiger partial charge is 0.508 e. The van der Waals surface area contributed by atoms with Crippen molar-refractivity contribution in [1.82, 2.24) is 9.78 Å². The molecule has 1 aromatic carbocycles. The minimum Gasteiger partial charge on any atom is -0.508 e. The third-order valence-corrected chi connectivity index (χ3v) is 2.70. The van der Waals surface area contributed by atoms with Crippen molar-refractivity contribution < 1.29 is 14.8 Å². The molecule has 0 spiro atoms. The number of nitrogens with zero attached hydrogens (tertiary/aromatic N) is 3. The molecule has 0 amide bonds. The highest BCUT2D eigenvalue weighted by Gasteiger charge is 2.27. The van der Waals surface area contributed by atoms with Gasteiger partial charge < -0.3 is 9.84 Å². The fourth-order valence-corrected chi connectivity index (χ4v) is 1.88. The minimum atomic E-state index is -0.507. The van der Waals surface area contributed by atoms with Crippen molar-refractivity contribution in [1.29, 1.82) is 0 Å². The summed E-state index contributed by atoms with van der Waals surface area (Å²) in [5.41, 5.74) is 0.153. The van der Waals surface area contributed by atoms with Gasteiger partial charge in [0.1, 0.15) is 17.2 Å². The van der Waals surface area contributed by atoms with Crippen LogP contribution in [-0.2, 0) is 6.54 Å². The van der Waals surface area contributed by atoms with E-state index in [1.54, 1.807) is 19.1 Å². The van der Waals surface area contributed by atoms with E-state index in [0.29, 0.717) is 18.0 Å². The van der Waals surface area contributed by atoms with Gasteiger partial charge in [0, 0.05) is 12.6 Å². The fourth-order valence-electron chi connectivity index (χ4n) is 1.88. The van der Waals surface area contributed by atoms with Crippen LogP contribution in [0.25, 0.3) is 0 Å². The van der Waals surface area contributed by atoms with Crippen LogP contribution in [0.15, 0.2) is 24.3 Å². The van der Waals surface area contributed by atoms with Crippen LogP contribution in [0.5, 0.6) is 17.4 Å². The molecule has 0 aliphatic carbocycles. The van der Waals surface area contributed by atoms with Crippen molar-refractivity contribution in [3.05, 3.63) is 40.1 Å².